The molecule has 0 aliphatic carbocycles. The van der Waals surface area contributed by atoms with E-state index in [1.165, 1.54) is 19.6 Å². The molecule has 0 bridgehead atoms. The summed E-state index contributed by atoms with van der Waals surface area (Å²) in [6.07, 6.45) is 2.28. The molecule has 1 atom stereocenters. The summed E-state index contributed by atoms with van der Waals surface area (Å²) < 4.78 is 4.63. The minimum atomic E-state index is -0.677. The first-order chi connectivity index (χ1) is 9.52. The highest BCUT2D eigenvalue weighted by Crippen LogP contribution is 2.28. The van der Waals surface area contributed by atoms with Gasteiger partial charge in [-0.2, -0.15) is 0 Å². The molecule has 1 aromatic carbocycles. The average molecular weight is 278 g/mol. The summed E-state index contributed by atoms with van der Waals surface area (Å²) in [5.74, 6) is -0.0934. The number of piperidine rings is 1. The van der Waals surface area contributed by atoms with Crippen LogP contribution < -0.4 is 4.90 Å². The minimum absolute atomic E-state index is 0.00762. The quantitative estimate of drug-likeness (QED) is 0.483. The van der Waals surface area contributed by atoms with Gasteiger partial charge < -0.3 is 9.64 Å². The second-order valence-corrected chi connectivity index (χ2v) is 5.14. The van der Waals surface area contributed by atoms with Gasteiger partial charge in [0.15, 0.2) is 0 Å². The number of esters is 1. The SMILES string of the molecule is COC(=O)c1cc(N2CCCC(C)C2)ccc1[N+](=O)[O-]. The number of carbonyl (C=O) groups excluding carboxylic acids is 1. The van der Waals surface area contributed by atoms with E-state index in [-0.39, 0.29) is 11.3 Å². The maximum atomic E-state index is 11.7. The number of hydrogen-bond acceptors (Lipinski definition) is 5. The van der Waals surface area contributed by atoms with E-state index < -0.39 is 10.9 Å². The number of hydrogen-bond donors (Lipinski definition) is 0. The van der Waals surface area contributed by atoms with Crippen LogP contribution in [0, 0.1) is 16.0 Å². The van der Waals surface area contributed by atoms with Gasteiger partial charge in [-0.05, 0) is 30.9 Å². The Labute approximate surface area is 117 Å². The summed E-state index contributed by atoms with van der Waals surface area (Å²) in [5.41, 5.74) is 0.626. The molecule has 1 saturated heterocycles. The molecular formula is C14H18N2O4. The fourth-order valence-corrected chi connectivity index (χ4v) is 2.58. The summed E-state index contributed by atoms with van der Waals surface area (Å²) in [6.45, 7) is 3.99. The Bertz CT molecular complexity index is 530. The summed E-state index contributed by atoms with van der Waals surface area (Å²) in [5, 5.41) is 11.0. The van der Waals surface area contributed by atoms with Gasteiger partial charge in [0.1, 0.15) is 5.56 Å². The number of ether oxygens (including phenoxy) is 1. The van der Waals surface area contributed by atoms with Crippen molar-refractivity contribution >= 4 is 17.3 Å². The first-order valence-electron chi connectivity index (χ1n) is 6.64. The van der Waals surface area contributed by atoms with Crippen molar-refractivity contribution < 1.29 is 14.5 Å². The lowest BCUT2D eigenvalue weighted by Gasteiger charge is -2.32. The third-order valence-electron chi connectivity index (χ3n) is 3.60. The number of rotatable bonds is 3. The van der Waals surface area contributed by atoms with Crippen molar-refractivity contribution in [2.75, 3.05) is 25.1 Å². The topological polar surface area (TPSA) is 72.7 Å². The van der Waals surface area contributed by atoms with Gasteiger partial charge in [0.05, 0.1) is 12.0 Å². The number of benzene rings is 1. The van der Waals surface area contributed by atoms with Crippen LogP contribution in [-0.2, 0) is 4.74 Å². The van der Waals surface area contributed by atoms with Crippen LogP contribution in [-0.4, -0.2) is 31.1 Å². The van der Waals surface area contributed by atoms with Crippen LogP contribution in [0.3, 0.4) is 0 Å². The van der Waals surface area contributed by atoms with Gasteiger partial charge in [0, 0.05) is 24.8 Å². The van der Waals surface area contributed by atoms with Crippen LogP contribution in [0.25, 0.3) is 0 Å². The first-order valence-corrected chi connectivity index (χ1v) is 6.64. The molecule has 1 heterocycles. The summed E-state index contributed by atoms with van der Waals surface area (Å²) >= 11 is 0. The number of nitro groups is 1. The predicted molar refractivity (Wildman–Crippen MR) is 75.0 cm³/mol. The molecule has 1 aromatic rings. The Morgan fingerprint density at radius 1 is 1.50 bits per heavy atom. The molecule has 6 heteroatoms. The largest absolute Gasteiger partial charge is 0.465 e. The molecule has 1 aliphatic heterocycles. The number of carbonyl (C=O) groups is 1. The Morgan fingerprint density at radius 3 is 2.85 bits per heavy atom. The van der Waals surface area contributed by atoms with Crippen LogP contribution in [0.2, 0.25) is 0 Å². The molecule has 108 valence electrons. The molecule has 6 nitrogen and oxygen atoms in total. The van der Waals surface area contributed by atoms with E-state index in [4.69, 9.17) is 0 Å². The van der Waals surface area contributed by atoms with E-state index in [9.17, 15) is 14.9 Å². The second kappa shape index (κ2) is 5.90. The van der Waals surface area contributed by atoms with Gasteiger partial charge in [-0.3, -0.25) is 10.1 Å². The highest BCUT2D eigenvalue weighted by Gasteiger charge is 2.24. The Balaban J connectivity index is 2.36. The monoisotopic (exact) mass is 278 g/mol. The molecule has 1 fully saturated rings. The van der Waals surface area contributed by atoms with Crippen molar-refractivity contribution in [2.24, 2.45) is 5.92 Å². The number of nitrogens with zero attached hydrogens (tertiary/aromatic N) is 2. The van der Waals surface area contributed by atoms with E-state index in [2.05, 4.69) is 16.6 Å². The fourth-order valence-electron chi connectivity index (χ4n) is 2.58. The molecule has 0 aromatic heterocycles. The normalized spacial score (nSPS) is 18.7. The maximum absolute atomic E-state index is 11.7. The molecular weight excluding hydrogens is 260 g/mol. The zero-order valence-electron chi connectivity index (χ0n) is 11.7. The molecule has 0 spiro atoms. The third-order valence-corrected chi connectivity index (χ3v) is 3.60. The maximum Gasteiger partial charge on any atom is 0.344 e. The Hall–Kier alpha value is -2.11. The van der Waals surface area contributed by atoms with Crippen molar-refractivity contribution in [1.29, 1.82) is 0 Å². The van der Waals surface area contributed by atoms with Gasteiger partial charge in [0.2, 0.25) is 0 Å². The van der Waals surface area contributed by atoms with E-state index in [1.54, 1.807) is 12.1 Å². The van der Waals surface area contributed by atoms with Gasteiger partial charge in [-0.25, -0.2) is 4.79 Å². The van der Waals surface area contributed by atoms with Crippen molar-refractivity contribution in [1.82, 2.24) is 0 Å². The van der Waals surface area contributed by atoms with Crippen molar-refractivity contribution in [2.45, 2.75) is 19.8 Å². The van der Waals surface area contributed by atoms with E-state index in [1.807, 2.05) is 0 Å². The third kappa shape index (κ3) is 2.89. The molecule has 0 saturated carbocycles. The summed E-state index contributed by atoms with van der Waals surface area (Å²) in [4.78, 5) is 24.3. The smallest absolute Gasteiger partial charge is 0.344 e. The zero-order chi connectivity index (χ0) is 14.7. The molecule has 20 heavy (non-hydrogen) atoms. The van der Waals surface area contributed by atoms with Crippen LogP contribution in [0.15, 0.2) is 18.2 Å². The molecule has 1 aliphatic rings. The van der Waals surface area contributed by atoms with Crippen molar-refractivity contribution in [3.05, 3.63) is 33.9 Å². The lowest BCUT2D eigenvalue weighted by molar-refractivity contribution is -0.385. The van der Waals surface area contributed by atoms with E-state index >= 15 is 0 Å². The predicted octanol–water partition coefficient (Wildman–Crippen LogP) is 2.62. The zero-order valence-corrected chi connectivity index (χ0v) is 11.7. The molecule has 0 amide bonds. The molecule has 0 N–H and O–H groups in total. The van der Waals surface area contributed by atoms with E-state index in [0.29, 0.717) is 5.92 Å². The van der Waals surface area contributed by atoms with Crippen LogP contribution in [0.4, 0.5) is 11.4 Å². The lowest BCUT2D eigenvalue weighted by Crippen LogP contribution is -2.34. The second-order valence-electron chi connectivity index (χ2n) is 5.14. The van der Waals surface area contributed by atoms with Crippen LogP contribution in [0.1, 0.15) is 30.1 Å². The van der Waals surface area contributed by atoms with Crippen LogP contribution >= 0.6 is 0 Å². The number of nitro benzene ring substituents is 1. The van der Waals surface area contributed by atoms with Crippen molar-refractivity contribution in [3.63, 3.8) is 0 Å². The highest BCUT2D eigenvalue weighted by atomic mass is 16.6. The Morgan fingerprint density at radius 2 is 2.25 bits per heavy atom. The fraction of sp³-hybridized carbons (Fsp3) is 0.500. The minimum Gasteiger partial charge on any atom is -0.465 e. The number of anilines is 1. The van der Waals surface area contributed by atoms with E-state index in [0.717, 1.165) is 25.2 Å². The van der Waals surface area contributed by atoms with Gasteiger partial charge in [0.25, 0.3) is 5.69 Å². The average Bonchev–Trinajstić information content (AvgIpc) is 2.45. The first kappa shape index (κ1) is 14.3. The number of methoxy groups -OCH3 is 1. The molecule has 1 unspecified atom stereocenters. The summed E-state index contributed by atoms with van der Waals surface area (Å²) in [7, 11) is 1.22. The summed E-state index contributed by atoms with van der Waals surface area (Å²) in [6, 6.07) is 4.63. The van der Waals surface area contributed by atoms with Crippen LogP contribution in [0.5, 0.6) is 0 Å². The van der Waals surface area contributed by atoms with Gasteiger partial charge in [-0.15, -0.1) is 0 Å². The highest BCUT2D eigenvalue weighted by molar-refractivity contribution is 5.95. The standard InChI is InChI=1S/C14H18N2O4/c1-10-4-3-7-15(9-10)11-5-6-13(16(18)19)12(8-11)14(17)20-2/h5-6,8,10H,3-4,7,9H2,1-2H3. The van der Waals surface area contributed by atoms with Gasteiger partial charge >= 0.3 is 5.97 Å². The Kier molecular flexibility index (Phi) is 4.22. The van der Waals surface area contributed by atoms with Gasteiger partial charge in [-0.1, -0.05) is 6.92 Å². The van der Waals surface area contributed by atoms with Crippen molar-refractivity contribution in [3.8, 4) is 0 Å². The molecule has 0 radical (unpaired) electrons. The lowest BCUT2D eigenvalue weighted by atomic mass is 9.99. The molecule has 2 rings (SSSR count).